The molecule has 1 aliphatic heterocycles. The molecule has 252 valence electrons. The number of benzene rings is 4. The number of primary amides is 1. The number of carbonyl (C=O) groups excluding carboxylic acids is 3. The zero-order chi connectivity index (χ0) is 34.5. The second kappa shape index (κ2) is 15.3. The van der Waals surface area contributed by atoms with Gasteiger partial charge in [-0.15, -0.1) is 6.58 Å². The molecule has 3 N–H and O–H groups in total. The number of hydrogen-bond acceptors (Lipinski definition) is 4. The van der Waals surface area contributed by atoms with Crippen LogP contribution in [-0.4, -0.2) is 30.3 Å². The van der Waals surface area contributed by atoms with Crippen LogP contribution in [0.5, 0.6) is 0 Å². The number of amides is 3. The van der Waals surface area contributed by atoms with Gasteiger partial charge in [-0.25, -0.2) is 0 Å². The summed E-state index contributed by atoms with van der Waals surface area (Å²) >= 11 is 12.7. The highest BCUT2D eigenvalue weighted by Crippen LogP contribution is 2.40. The number of anilines is 3. The Hall–Kier alpha value is -4.59. The van der Waals surface area contributed by atoms with Crippen LogP contribution in [0.4, 0.5) is 17.1 Å². The molecule has 7 nitrogen and oxygen atoms in total. The molecule has 0 saturated heterocycles. The predicted molar refractivity (Wildman–Crippen MR) is 198 cm³/mol. The normalized spacial score (nSPS) is 17.3. The second-order valence-corrected chi connectivity index (χ2v) is 13.8. The van der Waals surface area contributed by atoms with Gasteiger partial charge in [-0.2, -0.15) is 0 Å². The highest BCUT2D eigenvalue weighted by Gasteiger charge is 2.40. The molecule has 1 aliphatic carbocycles. The van der Waals surface area contributed by atoms with Crippen molar-refractivity contribution >= 4 is 58.0 Å². The van der Waals surface area contributed by atoms with E-state index >= 15 is 0 Å². The molecule has 1 saturated carbocycles. The molecule has 49 heavy (non-hydrogen) atoms. The standard InChI is InChI=1S/C40H40Cl2N4O3/c1-2-10-32(38(43)47)33(22-26-11-8-12-26)39(48)44-35-25-45(30-15-4-3-5-16-30)36-17-6-7-18-37(36)46(40(35)49)24-27-13-9-14-28(21-27)31-20-19-29(41)23-34(31)42/h2-7,9,13-21,23,26,32-33,35H,1,8,10-12,22,24-25H2,(H2,43,47)(H,44,48). The van der Waals surface area contributed by atoms with Crippen LogP contribution in [0, 0.1) is 17.8 Å². The molecule has 4 aromatic carbocycles. The van der Waals surface area contributed by atoms with E-state index in [1.807, 2.05) is 84.9 Å². The SMILES string of the molecule is C=CCC(C(N)=O)C(CC1CCC1)C(=O)NC1CN(c2ccccc2)c2ccccc2N(Cc2cccc(-c3ccc(Cl)cc3Cl)c2)C1=O. The Bertz CT molecular complexity index is 1840. The topological polar surface area (TPSA) is 95.7 Å². The summed E-state index contributed by atoms with van der Waals surface area (Å²) in [6.45, 7) is 4.25. The van der Waals surface area contributed by atoms with Gasteiger partial charge in [0.15, 0.2) is 0 Å². The smallest absolute Gasteiger partial charge is 0.251 e. The van der Waals surface area contributed by atoms with Crippen molar-refractivity contribution in [3.63, 3.8) is 0 Å². The Morgan fingerprint density at radius 1 is 0.918 bits per heavy atom. The maximum Gasteiger partial charge on any atom is 0.251 e. The lowest BCUT2D eigenvalue weighted by molar-refractivity contribution is -0.136. The maximum absolute atomic E-state index is 14.8. The third-order valence-corrected chi connectivity index (χ3v) is 10.3. The first kappa shape index (κ1) is 34.3. The number of para-hydroxylation sites is 3. The van der Waals surface area contributed by atoms with Gasteiger partial charge in [-0.3, -0.25) is 14.4 Å². The molecule has 9 heteroatoms. The van der Waals surface area contributed by atoms with E-state index in [9.17, 15) is 14.4 Å². The Kier molecular flexibility index (Phi) is 10.7. The second-order valence-electron chi connectivity index (χ2n) is 12.9. The molecule has 2 aliphatic rings. The fourth-order valence-corrected chi connectivity index (χ4v) is 7.45. The molecule has 0 aromatic heterocycles. The average molecular weight is 696 g/mol. The van der Waals surface area contributed by atoms with Crippen LogP contribution in [0.25, 0.3) is 11.1 Å². The van der Waals surface area contributed by atoms with Crippen molar-refractivity contribution in [2.45, 2.75) is 44.7 Å². The number of rotatable bonds is 12. The van der Waals surface area contributed by atoms with Crippen molar-refractivity contribution in [2.24, 2.45) is 23.5 Å². The molecule has 3 unspecified atom stereocenters. The van der Waals surface area contributed by atoms with Crippen LogP contribution in [0.3, 0.4) is 0 Å². The third kappa shape index (κ3) is 7.69. The monoisotopic (exact) mass is 694 g/mol. The molecule has 0 radical (unpaired) electrons. The van der Waals surface area contributed by atoms with Gasteiger partial charge in [-0.05, 0) is 72.4 Å². The number of nitrogens with one attached hydrogen (secondary N) is 1. The van der Waals surface area contributed by atoms with E-state index in [4.69, 9.17) is 28.9 Å². The largest absolute Gasteiger partial charge is 0.369 e. The molecule has 4 aromatic rings. The van der Waals surface area contributed by atoms with Crippen LogP contribution < -0.4 is 20.9 Å². The Labute approximate surface area is 297 Å². The first-order valence-electron chi connectivity index (χ1n) is 16.7. The minimum Gasteiger partial charge on any atom is -0.369 e. The number of nitrogens with zero attached hydrogens (tertiary/aromatic N) is 2. The van der Waals surface area contributed by atoms with Crippen molar-refractivity contribution in [1.82, 2.24) is 5.32 Å². The summed E-state index contributed by atoms with van der Waals surface area (Å²) in [5, 5.41) is 4.19. The number of allylic oxidation sites excluding steroid dienone is 1. The van der Waals surface area contributed by atoms with Crippen molar-refractivity contribution < 1.29 is 14.4 Å². The number of halogens is 2. The van der Waals surface area contributed by atoms with Crippen LogP contribution in [0.1, 0.15) is 37.7 Å². The summed E-state index contributed by atoms with van der Waals surface area (Å²) in [4.78, 5) is 45.4. The molecule has 3 atom stereocenters. The minimum atomic E-state index is -0.921. The van der Waals surface area contributed by atoms with Crippen molar-refractivity contribution in [3.05, 3.63) is 125 Å². The Morgan fingerprint density at radius 2 is 1.65 bits per heavy atom. The Morgan fingerprint density at radius 3 is 2.33 bits per heavy atom. The maximum atomic E-state index is 14.8. The fourth-order valence-electron chi connectivity index (χ4n) is 6.93. The first-order chi connectivity index (χ1) is 23.7. The molecular formula is C40H40Cl2N4O3. The summed E-state index contributed by atoms with van der Waals surface area (Å²) < 4.78 is 0. The van der Waals surface area contributed by atoms with Gasteiger partial charge >= 0.3 is 0 Å². The minimum absolute atomic E-state index is 0.196. The average Bonchev–Trinajstić information content (AvgIpc) is 3.18. The zero-order valence-corrected chi connectivity index (χ0v) is 28.7. The quantitative estimate of drug-likeness (QED) is 0.146. The molecule has 6 rings (SSSR count). The van der Waals surface area contributed by atoms with Crippen LogP contribution in [0.2, 0.25) is 10.0 Å². The predicted octanol–water partition coefficient (Wildman–Crippen LogP) is 8.31. The van der Waals surface area contributed by atoms with Crippen LogP contribution in [0.15, 0.2) is 110 Å². The number of fused-ring (bicyclic) bond motifs is 1. The highest BCUT2D eigenvalue weighted by atomic mass is 35.5. The van der Waals surface area contributed by atoms with E-state index in [0.29, 0.717) is 28.8 Å². The first-order valence-corrected chi connectivity index (χ1v) is 17.5. The van der Waals surface area contributed by atoms with Crippen LogP contribution in [-0.2, 0) is 20.9 Å². The van der Waals surface area contributed by atoms with Gasteiger partial charge in [0.1, 0.15) is 6.04 Å². The van der Waals surface area contributed by atoms with E-state index in [-0.39, 0.29) is 24.9 Å². The summed E-state index contributed by atoms with van der Waals surface area (Å²) in [5.41, 5.74) is 10.9. The van der Waals surface area contributed by atoms with Gasteiger partial charge in [0.25, 0.3) is 5.91 Å². The number of hydrogen-bond donors (Lipinski definition) is 2. The fraction of sp³-hybridized carbons (Fsp3) is 0.275. The zero-order valence-electron chi connectivity index (χ0n) is 27.2. The molecule has 0 spiro atoms. The van der Waals surface area contributed by atoms with E-state index in [2.05, 4.69) is 16.8 Å². The lowest BCUT2D eigenvalue weighted by Crippen LogP contribution is -2.54. The van der Waals surface area contributed by atoms with E-state index < -0.39 is 23.8 Å². The molecule has 3 amide bonds. The molecule has 1 heterocycles. The lowest BCUT2D eigenvalue weighted by atomic mass is 9.74. The van der Waals surface area contributed by atoms with Gasteiger partial charge in [0, 0.05) is 21.3 Å². The van der Waals surface area contributed by atoms with Gasteiger partial charge in [-0.1, -0.05) is 103 Å². The van der Waals surface area contributed by atoms with E-state index in [1.54, 1.807) is 23.1 Å². The third-order valence-electron chi connectivity index (χ3n) is 9.71. The number of nitrogens with two attached hydrogens (primary N) is 1. The number of carbonyl (C=O) groups is 3. The van der Waals surface area contributed by atoms with Crippen molar-refractivity contribution in [1.29, 1.82) is 0 Å². The summed E-state index contributed by atoms with van der Waals surface area (Å²) in [5.74, 6) is -2.16. The summed E-state index contributed by atoms with van der Waals surface area (Å²) in [6, 6.07) is 29.9. The van der Waals surface area contributed by atoms with Crippen LogP contribution >= 0.6 is 23.2 Å². The van der Waals surface area contributed by atoms with E-state index in [1.165, 1.54) is 0 Å². The molecule has 1 fully saturated rings. The van der Waals surface area contributed by atoms with Crippen molar-refractivity contribution in [3.8, 4) is 11.1 Å². The lowest BCUT2D eigenvalue weighted by Gasteiger charge is -2.33. The molecular weight excluding hydrogens is 655 g/mol. The van der Waals surface area contributed by atoms with Gasteiger partial charge in [0.05, 0.1) is 36.3 Å². The highest BCUT2D eigenvalue weighted by molar-refractivity contribution is 6.36. The van der Waals surface area contributed by atoms with Gasteiger partial charge < -0.3 is 20.9 Å². The van der Waals surface area contributed by atoms with Crippen molar-refractivity contribution in [2.75, 3.05) is 16.3 Å². The summed E-state index contributed by atoms with van der Waals surface area (Å²) in [6.07, 6.45) is 5.59. The molecule has 0 bridgehead atoms. The van der Waals surface area contributed by atoms with E-state index in [0.717, 1.165) is 53.0 Å². The summed E-state index contributed by atoms with van der Waals surface area (Å²) in [7, 11) is 0. The van der Waals surface area contributed by atoms with Gasteiger partial charge in [0.2, 0.25) is 11.8 Å². The Balaban J connectivity index is 1.38.